The van der Waals surface area contributed by atoms with Crippen molar-refractivity contribution in [3.8, 4) is 67.7 Å². The highest BCUT2D eigenvalue weighted by Gasteiger charge is 2.35. The van der Waals surface area contributed by atoms with Crippen molar-refractivity contribution < 1.29 is 0 Å². The van der Waals surface area contributed by atoms with Crippen LogP contribution >= 0.6 is 0 Å². The Morgan fingerprint density at radius 1 is 0.333 bits per heavy atom. The standard InChI is InChI=1S/C53H36N4/c1-53(2)46-28-11-10-25-40(46)44-30-45-43(35-15-4-3-5-16-35)31-48(54-49(45)32-47(44)53)36-21-12-22-37(29-36)50-55-51(41-26-13-19-33-17-6-8-23-38(33)41)57-52(56-50)42-27-14-20-34-18-7-9-24-39(34)42/h3-32H,1-2H3. The zero-order valence-electron chi connectivity index (χ0n) is 31.6. The molecule has 1 aliphatic carbocycles. The van der Waals surface area contributed by atoms with Crippen LogP contribution in [0.4, 0.5) is 0 Å². The van der Waals surface area contributed by atoms with Crippen LogP contribution in [0.5, 0.6) is 0 Å². The zero-order chi connectivity index (χ0) is 38.1. The van der Waals surface area contributed by atoms with E-state index in [1.165, 1.54) is 22.3 Å². The molecule has 0 saturated carbocycles. The molecule has 0 radical (unpaired) electrons. The number of pyridine rings is 1. The fraction of sp³-hybridized carbons (Fsp3) is 0.0566. The molecule has 0 atom stereocenters. The average molecular weight is 729 g/mol. The van der Waals surface area contributed by atoms with E-state index in [1.807, 2.05) is 0 Å². The fourth-order valence-electron chi connectivity index (χ4n) is 8.83. The molecule has 11 rings (SSSR count). The Morgan fingerprint density at radius 2 is 0.877 bits per heavy atom. The van der Waals surface area contributed by atoms with Gasteiger partial charge >= 0.3 is 0 Å². The van der Waals surface area contributed by atoms with Gasteiger partial charge in [-0.15, -0.1) is 0 Å². The predicted octanol–water partition coefficient (Wildman–Crippen LogP) is 13.4. The summed E-state index contributed by atoms with van der Waals surface area (Å²) in [6, 6.07) is 64.3. The molecule has 0 N–H and O–H groups in total. The second kappa shape index (κ2) is 12.9. The molecule has 0 aliphatic heterocycles. The van der Waals surface area contributed by atoms with Gasteiger partial charge in [0.05, 0.1) is 11.2 Å². The molecule has 0 saturated heterocycles. The highest BCUT2D eigenvalue weighted by atomic mass is 15.0. The molecule has 2 aromatic heterocycles. The summed E-state index contributed by atoms with van der Waals surface area (Å²) in [6.45, 7) is 4.64. The lowest BCUT2D eigenvalue weighted by molar-refractivity contribution is 0.661. The second-order valence-corrected chi connectivity index (χ2v) is 15.4. The van der Waals surface area contributed by atoms with Gasteiger partial charge in [0.2, 0.25) is 0 Å². The molecule has 4 nitrogen and oxygen atoms in total. The monoisotopic (exact) mass is 728 g/mol. The summed E-state index contributed by atoms with van der Waals surface area (Å²) in [7, 11) is 0. The first-order valence-electron chi connectivity index (χ1n) is 19.5. The third-order valence-corrected chi connectivity index (χ3v) is 11.7. The first kappa shape index (κ1) is 33.1. The molecule has 2 heterocycles. The van der Waals surface area contributed by atoms with Crippen LogP contribution in [0.3, 0.4) is 0 Å². The van der Waals surface area contributed by atoms with Crippen molar-refractivity contribution in [1.82, 2.24) is 19.9 Å². The first-order chi connectivity index (χ1) is 28.0. The topological polar surface area (TPSA) is 51.6 Å². The summed E-state index contributed by atoms with van der Waals surface area (Å²) < 4.78 is 0. The smallest absolute Gasteiger partial charge is 0.164 e. The highest BCUT2D eigenvalue weighted by Crippen LogP contribution is 2.50. The SMILES string of the molecule is CC1(C)c2ccccc2-c2cc3c(-c4ccccc4)cc(-c4cccc(-c5nc(-c6cccc7ccccc67)nc(-c6cccc7ccccc67)n5)c4)nc3cc21. The maximum absolute atomic E-state index is 5.42. The van der Waals surface area contributed by atoms with Crippen LogP contribution in [0.2, 0.25) is 0 Å². The van der Waals surface area contributed by atoms with E-state index in [4.69, 9.17) is 19.9 Å². The molecule has 4 heteroatoms. The Morgan fingerprint density at radius 3 is 1.60 bits per heavy atom. The van der Waals surface area contributed by atoms with Crippen LogP contribution in [-0.2, 0) is 5.41 Å². The predicted molar refractivity (Wildman–Crippen MR) is 235 cm³/mol. The zero-order valence-corrected chi connectivity index (χ0v) is 31.6. The van der Waals surface area contributed by atoms with Crippen LogP contribution in [0.1, 0.15) is 25.0 Å². The van der Waals surface area contributed by atoms with Crippen molar-refractivity contribution in [3.63, 3.8) is 0 Å². The lowest BCUT2D eigenvalue weighted by atomic mass is 9.82. The van der Waals surface area contributed by atoms with Crippen LogP contribution < -0.4 is 0 Å². The van der Waals surface area contributed by atoms with Crippen molar-refractivity contribution in [3.05, 3.63) is 193 Å². The summed E-state index contributed by atoms with van der Waals surface area (Å²) >= 11 is 0. The molecule has 1 aliphatic rings. The number of rotatable bonds is 5. The van der Waals surface area contributed by atoms with Crippen molar-refractivity contribution in [2.75, 3.05) is 0 Å². The minimum Gasteiger partial charge on any atom is -0.248 e. The van der Waals surface area contributed by atoms with Gasteiger partial charge in [0.25, 0.3) is 0 Å². The first-order valence-corrected chi connectivity index (χ1v) is 19.5. The maximum Gasteiger partial charge on any atom is 0.164 e. The van der Waals surface area contributed by atoms with Gasteiger partial charge in [-0.1, -0.05) is 172 Å². The molecule has 0 fully saturated rings. The molecule has 8 aromatic carbocycles. The Bertz CT molecular complexity index is 3110. The third kappa shape index (κ3) is 5.44. The van der Waals surface area contributed by atoms with Crippen molar-refractivity contribution in [2.45, 2.75) is 19.3 Å². The van der Waals surface area contributed by atoms with E-state index in [1.54, 1.807) is 0 Å². The van der Waals surface area contributed by atoms with Gasteiger partial charge in [-0.05, 0) is 79.2 Å². The molecular formula is C53H36N4. The summed E-state index contributed by atoms with van der Waals surface area (Å²) in [4.78, 5) is 21.0. The quantitative estimate of drug-likeness (QED) is 0.177. The number of hydrogen-bond acceptors (Lipinski definition) is 4. The summed E-state index contributed by atoms with van der Waals surface area (Å²) in [5.41, 5.74) is 13.1. The fourth-order valence-corrected chi connectivity index (χ4v) is 8.83. The summed E-state index contributed by atoms with van der Waals surface area (Å²) in [5.74, 6) is 1.88. The number of fused-ring (bicyclic) bond motifs is 6. The van der Waals surface area contributed by atoms with E-state index in [-0.39, 0.29) is 5.41 Å². The van der Waals surface area contributed by atoms with Crippen molar-refractivity contribution in [1.29, 1.82) is 0 Å². The van der Waals surface area contributed by atoms with Gasteiger partial charge in [0, 0.05) is 33.1 Å². The van der Waals surface area contributed by atoms with E-state index in [9.17, 15) is 0 Å². The normalized spacial score (nSPS) is 12.9. The number of aromatic nitrogens is 4. The molecule has 0 bridgehead atoms. The van der Waals surface area contributed by atoms with Crippen LogP contribution in [-0.4, -0.2) is 19.9 Å². The Labute approximate surface area is 331 Å². The molecule has 57 heavy (non-hydrogen) atoms. The molecule has 0 spiro atoms. The summed E-state index contributed by atoms with van der Waals surface area (Å²) in [5, 5.41) is 5.62. The van der Waals surface area contributed by atoms with Crippen molar-refractivity contribution >= 4 is 32.4 Å². The van der Waals surface area contributed by atoms with Gasteiger partial charge < -0.3 is 0 Å². The highest BCUT2D eigenvalue weighted by molar-refractivity contribution is 6.02. The molecule has 0 unspecified atom stereocenters. The Balaban J connectivity index is 1.11. The number of benzene rings is 8. The van der Waals surface area contributed by atoms with E-state index in [0.29, 0.717) is 17.5 Å². The molecule has 0 amide bonds. The minimum atomic E-state index is -0.132. The van der Waals surface area contributed by atoms with E-state index < -0.39 is 0 Å². The van der Waals surface area contributed by atoms with Crippen LogP contribution in [0.15, 0.2) is 182 Å². The second-order valence-electron chi connectivity index (χ2n) is 15.4. The minimum absolute atomic E-state index is 0.132. The maximum atomic E-state index is 5.42. The average Bonchev–Trinajstić information content (AvgIpc) is 3.49. The van der Waals surface area contributed by atoms with Gasteiger partial charge in [0.15, 0.2) is 17.5 Å². The number of hydrogen-bond donors (Lipinski definition) is 0. The van der Waals surface area contributed by atoms with Crippen LogP contribution in [0, 0.1) is 0 Å². The largest absolute Gasteiger partial charge is 0.248 e. The van der Waals surface area contributed by atoms with E-state index in [0.717, 1.165) is 71.5 Å². The van der Waals surface area contributed by atoms with E-state index >= 15 is 0 Å². The lowest BCUT2D eigenvalue weighted by Crippen LogP contribution is -2.14. The lowest BCUT2D eigenvalue weighted by Gasteiger charge is -2.22. The van der Waals surface area contributed by atoms with E-state index in [2.05, 4.69) is 196 Å². The Hall–Kier alpha value is -7.30. The molecule has 268 valence electrons. The third-order valence-electron chi connectivity index (χ3n) is 11.7. The summed E-state index contributed by atoms with van der Waals surface area (Å²) in [6.07, 6.45) is 0. The van der Waals surface area contributed by atoms with Gasteiger partial charge in [-0.2, -0.15) is 0 Å². The van der Waals surface area contributed by atoms with Gasteiger partial charge in [0.1, 0.15) is 0 Å². The molecule has 10 aromatic rings. The van der Waals surface area contributed by atoms with Crippen molar-refractivity contribution in [2.24, 2.45) is 0 Å². The van der Waals surface area contributed by atoms with Crippen LogP contribution in [0.25, 0.3) is 100 Å². The van der Waals surface area contributed by atoms with Gasteiger partial charge in [-0.25, -0.2) is 19.9 Å². The molecular weight excluding hydrogens is 693 g/mol. The number of nitrogens with zero attached hydrogens (tertiary/aromatic N) is 4. The Kier molecular flexibility index (Phi) is 7.48. The van der Waals surface area contributed by atoms with Gasteiger partial charge in [-0.3, -0.25) is 0 Å².